The summed E-state index contributed by atoms with van der Waals surface area (Å²) in [5.41, 5.74) is 2.82. The Balaban J connectivity index is 1.66. The van der Waals surface area contributed by atoms with E-state index < -0.39 is 4.90 Å². The monoisotopic (exact) mass is 364 g/mol. The number of rotatable bonds is 3. The minimum atomic E-state index is -0.457. The third-order valence-corrected chi connectivity index (χ3v) is 4.51. The molecule has 140 valence electrons. The van der Waals surface area contributed by atoms with Crippen LogP contribution in [0.4, 0.5) is 0 Å². The molecule has 0 fully saturated rings. The molecule has 0 unspecified atom stereocenters. The van der Waals surface area contributed by atoms with Crippen LogP contribution in [-0.4, -0.2) is 52.2 Å². The molecule has 0 spiro atoms. The number of hydrogen-bond acceptors (Lipinski definition) is 5. The Hall–Kier alpha value is -3.25. The van der Waals surface area contributed by atoms with E-state index in [1.807, 2.05) is 43.5 Å². The smallest absolute Gasteiger partial charge is 0.222 e. The molecule has 0 bridgehead atoms. The van der Waals surface area contributed by atoms with Gasteiger partial charge in [0.15, 0.2) is 0 Å². The first-order valence-corrected chi connectivity index (χ1v) is 8.63. The van der Waals surface area contributed by atoms with Crippen LogP contribution in [0.3, 0.4) is 0 Å². The fourth-order valence-electron chi connectivity index (χ4n) is 2.86. The lowest BCUT2D eigenvalue weighted by Gasteiger charge is -2.22. The van der Waals surface area contributed by atoms with Crippen molar-refractivity contribution in [2.75, 3.05) is 20.6 Å². The van der Waals surface area contributed by atoms with Crippen molar-refractivity contribution in [3.05, 3.63) is 106 Å². The number of nitrogens with zero attached hydrogens (tertiary/aromatic N) is 3. The zero-order chi connectivity index (χ0) is 19.4. The number of aliphatic hydroxyl groups is 1. The van der Waals surface area contributed by atoms with Gasteiger partial charge in [-0.1, -0.05) is 24.3 Å². The summed E-state index contributed by atoms with van der Waals surface area (Å²) in [7, 11) is 4.09. The van der Waals surface area contributed by atoms with Crippen molar-refractivity contribution in [1.29, 1.82) is 0 Å². The molecule has 1 aliphatic heterocycles. The van der Waals surface area contributed by atoms with Crippen molar-refractivity contribution >= 4 is 5.71 Å². The van der Waals surface area contributed by atoms with Crippen LogP contribution in [0.2, 0.25) is 0 Å². The van der Waals surface area contributed by atoms with Crippen LogP contribution >= 0.6 is 0 Å². The maximum Gasteiger partial charge on any atom is 0.222 e. The molecule has 0 saturated heterocycles. The van der Waals surface area contributed by atoms with Gasteiger partial charge in [-0.3, -0.25) is 4.90 Å². The third-order valence-electron chi connectivity index (χ3n) is 4.51. The summed E-state index contributed by atoms with van der Waals surface area (Å²) in [5.74, 6) is 0.154. The molecule has 1 heterocycles. The topological polar surface area (TPSA) is 75.8 Å². The van der Waals surface area contributed by atoms with Crippen molar-refractivity contribution in [3.8, 4) is 0 Å². The number of likely N-dealkylation sites (N-methyl/N-ethyl adjacent to an activating group) is 1. The Morgan fingerprint density at radius 2 is 1.52 bits per heavy atom. The highest BCUT2D eigenvalue weighted by Gasteiger charge is 2.12. The summed E-state index contributed by atoms with van der Waals surface area (Å²) >= 11 is 0. The Morgan fingerprint density at radius 3 is 2.04 bits per heavy atom. The molecule has 0 aromatic carbocycles. The molecule has 0 amide bonds. The van der Waals surface area contributed by atoms with E-state index in [4.69, 9.17) is 0 Å². The molecule has 0 aromatic rings. The van der Waals surface area contributed by atoms with Gasteiger partial charge in [0.25, 0.3) is 0 Å². The standard InChI is InChI=1S/C21H22N3O3/c1-22(2)19-7-3-16(4-8-19)17-11-13-23(14-12-17)15-21(25)18-5-9-20(10-6-18)24(26)27/h3-14,19H,15H2,1-2H3,(H-,25,26,27)/q-1. The average Bonchev–Trinajstić information content (AvgIpc) is 2.68. The summed E-state index contributed by atoms with van der Waals surface area (Å²) in [6.45, 7) is 0.293. The van der Waals surface area contributed by atoms with Crippen molar-refractivity contribution < 1.29 is 10.0 Å². The minimum absolute atomic E-state index is 0.00526. The quantitative estimate of drug-likeness (QED) is 0.473. The molecule has 0 atom stereocenters. The molecule has 6 heteroatoms. The van der Waals surface area contributed by atoms with Gasteiger partial charge in [0.2, 0.25) is 5.71 Å². The third kappa shape index (κ3) is 4.48. The second kappa shape index (κ2) is 7.97. The van der Waals surface area contributed by atoms with E-state index in [1.165, 1.54) is 12.2 Å². The van der Waals surface area contributed by atoms with Gasteiger partial charge in [-0.25, -0.2) is 0 Å². The molecular formula is C21H22N3O3-. The first-order chi connectivity index (χ1) is 12.9. The van der Waals surface area contributed by atoms with Crippen LogP contribution in [0.15, 0.2) is 95.6 Å². The highest BCUT2D eigenvalue weighted by molar-refractivity contribution is 6.02. The molecule has 0 radical (unpaired) electrons. The fraction of sp³-hybridized carbons (Fsp3) is 0.190. The number of hydrogen-bond donors (Lipinski definition) is 1. The summed E-state index contributed by atoms with van der Waals surface area (Å²) in [5, 5.41) is 31.7. The van der Waals surface area contributed by atoms with Gasteiger partial charge in [0.05, 0.1) is 6.54 Å². The van der Waals surface area contributed by atoms with Crippen LogP contribution in [0, 0.1) is 10.4 Å². The molecule has 1 N–H and O–H groups in total. The Labute approximate surface area is 158 Å². The molecular weight excluding hydrogens is 342 g/mol. The highest BCUT2D eigenvalue weighted by atomic mass is 16.8. The van der Waals surface area contributed by atoms with Crippen LogP contribution in [0.1, 0.15) is 0 Å². The van der Waals surface area contributed by atoms with Crippen molar-refractivity contribution in [3.63, 3.8) is 0 Å². The lowest BCUT2D eigenvalue weighted by Crippen LogP contribution is -2.24. The normalized spacial score (nSPS) is 21.0. The second-order valence-corrected chi connectivity index (χ2v) is 6.64. The van der Waals surface area contributed by atoms with E-state index in [2.05, 4.69) is 29.2 Å². The molecule has 27 heavy (non-hydrogen) atoms. The second-order valence-electron chi connectivity index (χ2n) is 6.64. The Morgan fingerprint density at radius 1 is 0.963 bits per heavy atom. The Bertz CT molecular complexity index is 826. The number of aliphatic hydroxyl groups excluding tert-OH is 1. The highest BCUT2D eigenvalue weighted by Crippen LogP contribution is 2.21. The van der Waals surface area contributed by atoms with Gasteiger partial charge >= 0.3 is 0 Å². The van der Waals surface area contributed by atoms with E-state index in [-0.39, 0.29) is 11.5 Å². The first-order valence-electron chi connectivity index (χ1n) is 8.63. The zero-order valence-electron chi connectivity index (χ0n) is 15.3. The summed E-state index contributed by atoms with van der Waals surface area (Å²) in [6, 6.07) is 0.315. The lowest BCUT2D eigenvalue weighted by molar-refractivity contribution is -0.377. The summed E-state index contributed by atoms with van der Waals surface area (Å²) in [4.78, 5) is 3.54. The van der Waals surface area contributed by atoms with Crippen LogP contribution in [0.5, 0.6) is 0 Å². The SMILES string of the molecule is CN(C)C1C=CC(=C2C=CN(CC(O)=C3C=CC(=[N+]([O-])[O-])C=C3)C=C2)C=C1. The minimum Gasteiger partial charge on any atom is -0.612 e. The van der Waals surface area contributed by atoms with E-state index in [0.29, 0.717) is 18.2 Å². The average molecular weight is 364 g/mol. The largest absolute Gasteiger partial charge is 0.612 e. The predicted molar refractivity (Wildman–Crippen MR) is 108 cm³/mol. The molecule has 2 aliphatic carbocycles. The van der Waals surface area contributed by atoms with E-state index in [1.54, 1.807) is 12.2 Å². The molecule has 3 aliphatic rings. The van der Waals surface area contributed by atoms with Gasteiger partial charge in [-0.05, 0) is 49.5 Å². The number of allylic oxidation sites excluding steroid dienone is 11. The van der Waals surface area contributed by atoms with Gasteiger partial charge in [0.1, 0.15) is 5.76 Å². The predicted octanol–water partition coefficient (Wildman–Crippen LogP) is 3.07. The lowest BCUT2D eigenvalue weighted by atomic mass is 9.99. The van der Waals surface area contributed by atoms with Gasteiger partial charge in [-0.15, -0.1) is 0 Å². The molecule has 0 aromatic heterocycles. The van der Waals surface area contributed by atoms with Crippen LogP contribution < -0.4 is 0 Å². The van der Waals surface area contributed by atoms with Gasteiger partial charge < -0.3 is 20.4 Å². The maximum atomic E-state index is 10.7. The summed E-state index contributed by atoms with van der Waals surface area (Å²) in [6.07, 6.45) is 22.2. The van der Waals surface area contributed by atoms with E-state index >= 15 is 0 Å². The van der Waals surface area contributed by atoms with Crippen molar-refractivity contribution in [1.82, 2.24) is 9.80 Å². The van der Waals surface area contributed by atoms with Crippen molar-refractivity contribution in [2.24, 2.45) is 0 Å². The maximum absolute atomic E-state index is 10.7. The molecule has 3 rings (SSSR count). The zero-order valence-corrected chi connectivity index (χ0v) is 15.3. The van der Waals surface area contributed by atoms with Crippen LogP contribution in [-0.2, 0) is 0 Å². The Kier molecular flexibility index (Phi) is 5.47. The molecule has 0 saturated carbocycles. The van der Waals surface area contributed by atoms with Gasteiger partial charge in [0, 0.05) is 36.2 Å². The van der Waals surface area contributed by atoms with E-state index in [9.17, 15) is 15.5 Å². The fourth-order valence-corrected chi connectivity index (χ4v) is 2.86. The van der Waals surface area contributed by atoms with E-state index in [0.717, 1.165) is 11.1 Å². The van der Waals surface area contributed by atoms with Crippen LogP contribution in [0.25, 0.3) is 0 Å². The summed E-state index contributed by atoms with van der Waals surface area (Å²) < 4.78 is 0. The first kappa shape index (κ1) is 18.5. The van der Waals surface area contributed by atoms with Gasteiger partial charge in [-0.2, -0.15) is 4.90 Å². The van der Waals surface area contributed by atoms with Crippen molar-refractivity contribution in [2.45, 2.75) is 6.04 Å². The molecule has 6 nitrogen and oxygen atoms in total.